The van der Waals surface area contributed by atoms with E-state index in [1.165, 1.54) is 11.1 Å². The summed E-state index contributed by atoms with van der Waals surface area (Å²) in [6.07, 6.45) is 4.90. The number of nitrogens with zero attached hydrogens (tertiary/aromatic N) is 2. The van der Waals surface area contributed by atoms with Crippen molar-refractivity contribution in [2.75, 3.05) is 10.7 Å². The van der Waals surface area contributed by atoms with E-state index in [2.05, 4.69) is 49.2 Å². The number of halogens is 3. The predicted octanol–water partition coefficient (Wildman–Crippen LogP) is 4.34. The number of alkyl halides is 2. The second-order valence-electron chi connectivity index (χ2n) is 4.76. The lowest BCUT2D eigenvalue weighted by Crippen LogP contribution is -2.32. The number of hydrogen-bond donors (Lipinski definition) is 0. The van der Waals surface area contributed by atoms with Crippen molar-refractivity contribution in [2.45, 2.75) is 11.8 Å². The van der Waals surface area contributed by atoms with Crippen LogP contribution in [0.25, 0.3) is 0 Å². The lowest BCUT2D eigenvalue weighted by Gasteiger charge is -2.30. The molecule has 2 rings (SSSR count). The summed E-state index contributed by atoms with van der Waals surface area (Å²) in [6, 6.07) is 8.08. The Balaban J connectivity index is 2.37. The Bertz CT molecular complexity index is 550. The Hall–Kier alpha value is -0.320. The van der Waals surface area contributed by atoms with Crippen molar-refractivity contribution in [3.05, 3.63) is 52.8 Å². The molecule has 5 heteroatoms. The Morgan fingerprint density at radius 1 is 1.32 bits per heavy atom. The van der Waals surface area contributed by atoms with Crippen LogP contribution < -0.4 is 0 Å². The molecule has 1 aromatic carbocycles. The molecule has 2 aromatic rings. The molecule has 102 valence electrons. The van der Waals surface area contributed by atoms with Gasteiger partial charge >= 0.3 is 0 Å². The van der Waals surface area contributed by atoms with Gasteiger partial charge in [0.05, 0.1) is 6.20 Å². The quantitative estimate of drug-likeness (QED) is 0.676. The fraction of sp³-hybridized carbons (Fsp3) is 0.357. The maximum atomic E-state index is 6.12. The molecule has 1 heterocycles. The van der Waals surface area contributed by atoms with Gasteiger partial charge in [0.2, 0.25) is 0 Å². The first-order valence-electron chi connectivity index (χ1n) is 5.95. The summed E-state index contributed by atoms with van der Waals surface area (Å²) in [5.74, 6) is 0. The van der Waals surface area contributed by atoms with Crippen LogP contribution in [0.15, 0.2) is 36.7 Å². The van der Waals surface area contributed by atoms with E-state index < -0.39 is 0 Å². The van der Waals surface area contributed by atoms with Crippen molar-refractivity contribution in [2.24, 2.45) is 7.05 Å². The molecule has 0 radical (unpaired) electrons. The van der Waals surface area contributed by atoms with Crippen LogP contribution in [0, 0.1) is 0 Å². The Labute approximate surface area is 135 Å². The fourth-order valence-corrected chi connectivity index (χ4v) is 4.32. The van der Waals surface area contributed by atoms with Crippen LogP contribution in [-0.4, -0.2) is 20.4 Å². The molecule has 0 amide bonds. The molecule has 0 bridgehead atoms. The van der Waals surface area contributed by atoms with E-state index in [1.54, 1.807) is 0 Å². The molecule has 0 saturated carbocycles. The lowest BCUT2D eigenvalue weighted by molar-refractivity contribution is 0.551. The average molecular weight is 407 g/mol. The third-order valence-corrected chi connectivity index (χ3v) is 5.63. The van der Waals surface area contributed by atoms with E-state index in [0.717, 1.165) is 22.1 Å². The zero-order valence-electron chi connectivity index (χ0n) is 10.6. The van der Waals surface area contributed by atoms with Crippen LogP contribution in [0.2, 0.25) is 5.02 Å². The van der Waals surface area contributed by atoms with Gasteiger partial charge in [-0.3, -0.25) is 4.68 Å². The average Bonchev–Trinajstić information content (AvgIpc) is 2.81. The third kappa shape index (κ3) is 3.41. The highest BCUT2D eigenvalue weighted by Gasteiger charge is 2.31. The van der Waals surface area contributed by atoms with Gasteiger partial charge in [-0.2, -0.15) is 5.10 Å². The second kappa shape index (κ2) is 6.42. The van der Waals surface area contributed by atoms with Gasteiger partial charge in [0.15, 0.2) is 0 Å². The van der Waals surface area contributed by atoms with Crippen molar-refractivity contribution in [1.29, 1.82) is 0 Å². The summed E-state index contributed by atoms with van der Waals surface area (Å²) in [7, 11) is 1.94. The molecule has 0 atom stereocenters. The van der Waals surface area contributed by atoms with Crippen LogP contribution in [0.1, 0.15) is 11.1 Å². The summed E-state index contributed by atoms with van der Waals surface area (Å²) in [4.78, 5) is 0. The zero-order valence-corrected chi connectivity index (χ0v) is 14.5. The lowest BCUT2D eigenvalue weighted by atomic mass is 9.80. The summed E-state index contributed by atoms with van der Waals surface area (Å²) in [6.45, 7) is 0. The molecular formula is C14H15Br2ClN2. The minimum atomic E-state index is -0.0199. The summed E-state index contributed by atoms with van der Waals surface area (Å²) >= 11 is 13.4. The smallest absolute Gasteiger partial charge is 0.0521 e. The number of aryl methyl sites for hydroxylation is 1. The Kier molecular flexibility index (Phi) is 5.09. The standard InChI is InChI=1S/C14H15Br2ClN2/c1-19-8-11(7-18-19)6-14(9-15,10-16)12-3-2-4-13(17)5-12/h2-5,7-8H,6,9-10H2,1H3. The first-order valence-corrected chi connectivity index (χ1v) is 8.57. The third-order valence-electron chi connectivity index (χ3n) is 3.25. The van der Waals surface area contributed by atoms with Crippen LogP contribution in [0.3, 0.4) is 0 Å². The molecule has 0 aliphatic carbocycles. The molecule has 19 heavy (non-hydrogen) atoms. The number of hydrogen-bond acceptors (Lipinski definition) is 1. The first-order chi connectivity index (χ1) is 9.09. The minimum absolute atomic E-state index is 0.0199. The molecule has 0 unspecified atom stereocenters. The van der Waals surface area contributed by atoms with Gasteiger partial charge in [-0.15, -0.1) is 0 Å². The van der Waals surface area contributed by atoms with Gasteiger partial charge in [0.1, 0.15) is 0 Å². The normalized spacial score (nSPS) is 11.8. The molecule has 1 aromatic heterocycles. The van der Waals surface area contributed by atoms with Crippen molar-refractivity contribution >= 4 is 43.5 Å². The number of rotatable bonds is 5. The Morgan fingerprint density at radius 3 is 2.58 bits per heavy atom. The molecule has 0 aliphatic heterocycles. The molecule has 0 fully saturated rings. The van der Waals surface area contributed by atoms with Crippen LogP contribution in [0.5, 0.6) is 0 Å². The monoisotopic (exact) mass is 404 g/mol. The number of aromatic nitrogens is 2. The topological polar surface area (TPSA) is 17.8 Å². The molecule has 0 aliphatic rings. The minimum Gasteiger partial charge on any atom is -0.276 e. The van der Waals surface area contributed by atoms with E-state index in [1.807, 2.05) is 36.1 Å². The zero-order chi connectivity index (χ0) is 13.9. The van der Waals surface area contributed by atoms with E-state index >= 15 is 0 Å². The van der Waals surface area contributed by atoms with Crippen molar-refractivity contribution in [3.8, 4) is 0 Å². The summed E-state index contributed by atoms with van der Waals surface area (Å²) in [5, 5.41) is 6.74. The highest BCUT2D eigenvalue weighted by molar-refractivity contribution is 9.09. The van der Waals surface area contributed by atoms with Crippen molar-refractivity contribution < 1.29 is 0 Å². The fourth-order valence-electron chi connectivity index (χ4n) is 2.16. The van der Waals surface area contributed by atoms with Gasteiger partial charge < -0.3 is 0 Å². The largest absolute Gasteiger partial charge is 0.276 e. The molecule has 0 spiro atoms. The van der Waals surface area contributed by atoms with Crippen molar-refractivity contribution in [1.82, 2.24) is 9.78 Å². The van der Waals surface area contributed by atoms with Gasteiger partial charge in [0, 0.05) is 34.3 Å². The van der Waals surface area contributed by atoms with Crippen LogP contribution >= 0.6 is 43.5 Å². The Morgan fingerprint density at radius 2 is 2.05 bits per heavy atom. The van der Waals surface area contributed by atoms with E-state index in [4.69, 9.17) is 11.6 Å². The summed E-state index contributed by atoms with van der Waals surface area (Å²) in [5.41, 5.74) is 2.44. The number of benzene rings is 1. The van der Waals surface area contributed by atoms with Crippen LogP contribution in [0.4, 0.5) is 0 Å². The molecular weight excluding hydrogens is 391 g/mol. The molecule has 2 nitrogen and oxygen atoms in total. The predicted molar refractivity (Wildman–Crippen MR) is 87.6 cm³/mol. The maximum Gasteiger partial charge on any atom is 0.0521 e. The second-order valence-corrected chi connectivity index (χ2v) is 6.31. The summed E-state index contributed by atoms with van der Waals surface area (Å²) < 4.78 is 1.83. The molecule has 0 N–H and O–H groups in total. The molecule has 0 saturated heterocycles. The first kappa shape index (κ1) is 15.1. The van der Waals surface area contributed by atoms with Gasteiger partial charge in [-0.1, -0.05) is 55.6 Å². The maximum absolute atomic E-state index is 6.12. The van der Waals surface area contributed by atoms with Gasteiger partial charge in [-0.25, -0.2) is 0 Å². The van der Waals surface area contributed by atoms with Crippen molar-refractivity contribution in [3.63, 3.8) is 0 Å². The SMILES string of the molecule is Cn1cc(CC(CBr)(CBr)c2cccc(Cl)c2)cn1. The van der Waals surface area contributed by atoms with E-state index in [9.17, 15) is 0 Å². The van der Waals surface area contributed by atoms with Crippen LogP contribution in [-0.2, 0) is 18.9 Å². The highest BCUT2D eigenvalue weighted by Crippen LogP contribution is 2.34. The highest BCUT2D eigenvalue weighted by atomic mass is 79.9. The van der Waals surface area contributed by atoms with Gasteiger partial charge in [-0.05, 0) is 29.7 Å². The van der Waals surface area contributed by atoms with E-state index in [0.29, 0.717) is 0 Å². The van der Waals surface area contributed by atoms with Gasteiger partial charge in [0.25, 0.3) is 0 Å². The van der Waals surface area contributed by atoms with E-state index in [-0.39, 0.29) is 5.41 Å².